The average molecular weight is 154 g/mol. The molecule has 1 heterocycles. The summed E-state index contributed by atoms with van der Waals surface area (Å²) in [5.74, 6) is 0.968. The molecule has 0 aliphatic heterocycles. The molecule has 0 N–H and O–H groups in total. The second kappa shape index (κ2) is 7.06. The number of rotatable bonds is 2. The Balaban J connectivity index is 0.000000187. The van der Waals surface area contributed by atoms with E-state index in [9.17, 15) is 4.79 Å². The van der Waals surface area contributed by atoms with Gasteiger partial charge >= 0.3 is 0 Å². The summed E-state index contributed by atoms with van der Waals surface area (Å²) in [6.45, 7) is 3.90. The second-order valence-electron chi connectivity index (χ2n) is 2.18. The normalized spacial score (nSPS) is 8.18. The highest BCUT2D eigenvalue weighted by Crippen LogP contribution is 1.93. The molecule has 2 heteroatoms. The molecular formula is C9H14O2. The number of aldehydes is 1. The van der Waals surface area contributed by atoms with E-state index in [-0.39, 0.29) is 0 Å². The van der Waals surface area contributed by atoms with Crippen LogP contribution in [-0.2, 0) is 4.79 Å². The van der Waals surface area contributed by atoms with Crippen molar-refractivity contribution in [3.63, 3.8) is 0 Å². The highest BCUT2D eigenvalue weighted by molar-refractivity contribution is 5.48. The number of carbonyl (C=O) groups is 1. The van der Waals surface area contributed by atoms with Crippen molar-refractivity contribution in [2.45, 2.75) is 26.7 Å². The van der Waals surface area contributed by atoms with E-state index in [1.807, 2.05) is 26.0 Å². The zero-order valence-corrected chi connectivity index (χ0v) is 7.04. The summed E-state index contributed by atoms with van der Waals surface area (Å²) in [5, 5.41) is 0. The van der Waals surface area contributed by atoms with Gasteiger partial charge in [0.25, 0.3) is 0 Å². The monoisotopic (exact) mass is 154 g/mol. The summed E-state index contributed by atoms with van der Waals surface area (Å²) in [7, 11) is 0. The fourth-order valence-electron chi connectivity index (χ4n) is 0.479. The molecule has 1 rings (SSSR count). The van der Waals surface area contributed by atoms with Gasteiger partial charge in [0.2, 0.25) is 0 Å². The zero-order chi connectivity index (χ0) is 8.53. The number of aryl methyl sites for hydroxylation is 1. The average Bonchev–Trinajstić information content (AvgIpc) is 2.43. The highest BCUT2D eigenvalue weighted by atomic mass is 16.3. The van der Waals surface area contributed by atoms with E-state index in [1.54, 1.807) is 6.26 Å². The lowest BCUT2D eigenvalue weighted by atomic mass is 10.4. The molecule has 0 aliphatic carbocycles. The van der Waals surface area contributed by atoms with E-state index < -0.39 is 0 Å². The van der Waals surface area contributed by atoms with Crippen LogP contribution in [0.1, 0.15) is 25.5 Å². The fraction of sp³-hybridized carbons (Fsp3) is 0.444. The third kappa shape index (κ3) is 6.84. The highest BCUT2D eigenvalue weighted by Gasteiger charge is 1.75. The standard InChI is InChI=1S/C5H6O.C4H8O/c1-5-3-2-4-6-5;1-2-3-4-5/h2-4H,1H3;4H,2-3H2,1H3. The molecule has 0 atom stereocenters. The van der Waals surface area contributed by atoms with E-state index in [0.29, 0.717) is 6.42 Å². The Morgan fingerprint density at radius 2 is 2.36 bits per heavy atom. The minimum Gasteiger partial charge on any atom is -0.470 e. The first-order valence-electron chi connectivity index (χ1n) is 3.75. The van der Waals surface area contributed by atoms with Crippen molar-refractivity contribution in [3.05, 3.63) is 24.2 Å². The zero-order valence-electron chi connectivity index (χ0n) is 7.04. The third-order valence-electron chi connectivity index (χ3n) is 1.07. The van der Waals surface area contributed by atoms with E-state index in [1.165, 1.54) is 0 Å². The Morgan fingerprint density at radius 1 is 1.64 bits per heavy atom. The van der Waals surface area contributed by atoms with Crippen molar-refractivity contribution in [3.8, 4) is 0 Å². The molecule has 0 aliphatic rings. The van der Waals surface area contributed by atoms with E-state index in [2.05, 4.69) is 0 Å². The van der Waals surface area contributed by atoms with Crippen LogP contribution in [0.5, 0.6) is 0 Å². The Hall–Kier alpha value is -1.05. The van der Waals surface area contributed by atoms with Gasteiger partial charge in [-0.1, -0.05) is 6.92 Å². The molecular weight excluding hydrogens is 140 g/mol. The molecule has 62 valence electrons. The maximum absolute atomic E-state index is 9.40. The minimum atomic E-state index is 0.708. The lowest BCUT2D eigenvalue weighted by molar-refractivity contribution is -0.107. The van der Waals surface area contributed by atoms with Crippen molar-refractivity contribution in [1.29, 1.82) is 0 Å². The van der Waals surface area contributed by atoms with Crippen LogP contribution in [0.4, 0.5) is 0 Å². The van der Waals surface area contributed by atoms with Crippen LogP contribution in [0, 0.1) is 6.92 Å². The molecule has 0 unspecified atom stereocenters. The van der Waals surface area contributed by atoms with Crippen molar-refractivity contribution in [2.24, 2.45) is 0 Å². The van der Waals surface area contributed by atoms with Crippen molar-refractivity contribution < 1.29 is 9.21 Å². The summed E-state index contributed by atoms with van der Waals surface area (Å²) in [6, 6.07) is 3.79. The fourth-order valence-corrected chi connectivity index (χ4v) is 0.479. The Morgan fingerprint density at radius 3 is 2.45 bits per heavy atom. The first kappa shape index (κ1) is 9.95. The van der Waals surface area contributed by atoms with Crippen LogP contribution in [0.3, 0.4) is 0 Å². The second-order valence-corrected chi connectivity index (χ2v) is 2.18. The van der Waals surface area contributed by atoms with Crippen LogP contribution >= 0.6 is 0 Å². The van der Waals surface area contributed by atoms with Crippen molar-refractivity contribution in [1.82, 2.24) is 0 Å². The lowest BCUT2D eigenvalue weighted by Crippen LogP contribution is -1.64. The first-order valence-corrected chi connectivity index (χ1v) is 3.75. The molecule has 2 nitrogen and oxygen atoms in total. The van der Waals surface area contributed by atoms with Gasteiger partial charge in [0.05, 0.1) is 6.26 Å². The maximum Gasteiger partial charge on any atom is 0.119 e. The van der Waals surface area contributed by atoms with Crippen molar-refractivity contribution in [2.75, 3.05) is 0 Å². The smallest absolute Gasteiger partial charge is 0.119 e. The Labute approximate surface area is 67.2 Å². The molecule has 0 bridgehead atoms. The van der Waals surface area contributed by atoms with Crippen LogP contribution in [0.25, 0.3) is 0 Å². The number of unbranched alkanes of at least 4 members (excludes halogenated alkanes) is 1. The summed E-state index contributed by atoms with van der Waals surface area (Å²) in [6.07, 6.45) is 4.28. The molecule has 0 saturated heterocycles. The SMILES string of the molecule is CCCC=O.Cc1ccco1. The predicted molar refractivity (Wildman–Crippen MR) is 44.4 cm³/mol. The maximum atomic E-state index is 9.40. The van der Waals surface area contributed by atoms with E-state index >= 15 is 0 Å². The van der Waals surface area contributed by atoms with E-state index in [4.69, 9.17) is 4.42 Å². The quantitative estimate of drug-likeness (QED) is 0.613. The molecule has 1 aromatic rings. The van der Waals surface area contributed by atoms with Gasteiger partial charge in [-0.2, -0.15) is 0 Å². The van der Waals surface area contributed by atoms with E-state index in [0.717, 1.165) is 18.5 Å². The van der Waals surface area contributed by atoms with Gasteiger partial charge in [0.15, 0.2) is 0 Å². The number of carbonyl (C=O) groups excluding carboxylic acids is 1. The Bertz CT molecular complexity index is 166. The van der Waals surface area contributed by atoms with Crippen LogP contribution in [-0.4, -0.2) is 6.29 Å². The summed E-state index contributed by atoms with van der Waals surface area (Å²) >= 11 is 0. The lowest BCUT2D eigenvalue weighted by Gasteiger charge is -1.69. The van der Waals surface area contributed by atoms with Crippen molar-refractivity contribution >= 4 is 6.29 Å². The van der Waals surface area contributed by atoms with Gasteiger partial charge in [-0.25, -0.2) is 0 Å². The van der Waals surface area contributed by atoms with Crippen LogP contribution in [0.15, 0.2) is 22.8 Å². The number of furan rings is 1. The largest absolute Gasteiger partial charge is 0.470 e. The molecule has 0 saturated carbocycles. The minimum absolute atomic E-state index is 0.708. The first-order chi connectivity index (χ1) is 5.31. The topological polar surface area (TPSA) is 30.2 Å². The molecule has 1 aromatic heterocycles. The van der Waals surface area contributed by atoms with Crippen LogP contribution < -0.4 is 0 Å². The molecule has 0 radical (unpaired) electrons. The number of hydrogen-bond donors (Lipinski definition) is 0. The third-order valence-corrected chi connectivity index (χ3v) is 1.07. The Kier molecular flexibility index (Phi) is 6.39. The summed E-state index contributed by atoms with van der Waals surface area (Å²) < 4.78 is 4.83. The number of hydrogen-bond acceptors (Lipinski definition) is 2. The van der Waals surface area contributed by atoms with Gasteiger partial charge < -0.3 is 9.21 Å². The molecule has 0 aromatic carbocycles. The summed E-state index contributed by atoms with van der Waals surface area (Å²) in [5.41, 5.74) is 0. The molecule has 0 fully saturated rings. The molecule has 0 amide bonds. The van der Waals surface area contributed by atoms with Gasteiger partial charge in [-0.3, -0.25) is 0 Å². The van der Waals surface area contributed by atoms with Gasteiger partial charge in [0, 0.05) is 6.42 Å². The molecule has 11 heavy (non-hydrogen) atoms. The van der Waals surface area contributed by atoms with Crippen LogP contribution in [0.2, 0.25) is 0 Å². The molecule has 0 spiro atoms. The van der Waals surface area contributed by atoms with Gasteiger partial charge in [-0.05, 0) is 25.5 Å². The summed E-state index contributed by atoms with van der Waals surface area (Å²) in [4.78, 5) is 9.40. The van der Waals surface area contributed by atoms with Gasteiger partial charge in [0.1, 0.15) is 12.0 Å². The van der Waals surface area contributed by atoms with Gasteiger partial charge in [-0.15, -0.1) is 0 Å². The predicted octanol–water partition coefficient (Wildman–Crippen LogP) is 2.57.